The molecule has 1 aromatic heterocycles. The number of unbranched alkanes of at least 4 members (excludes halogenated alkanes) is 2. The molecule has 0 bridgehead atoms. The summed E-state index contributed by atoms with van der Waals surface area (Å²) in [6.07, 6.45) is 6.24. The molecule has 0 aliphatic heterocycles. The lowest BCUT2D eigenvalue weighted by Crippen LogP contribution is -2.24. The van der Waals surface area contributed by atoms with Crippen LogP contribution in [0.1, 0.15) is 36.5 Å². The molecule has 1 amide bonds. The van der Waals surface area contributed by atoms with Crippen molar-refractivity contribution in [2.24, 2.45) is 0 Å². The van der Waals surface area contributed by atoms with Gasteiger partial charge >= 0.3 is 0 Å². The molecule has 0 atom stereocenters. The Morgan fingerprint density at radius 1 is 1.23 bits per heavy atom. The minimum absolute atomic E-state index is 0.148. The van der Waals surface area contributed by atoms with Crippen LogP contribution in [0.4, 0.5) is 11.6 Å². The Morgan fingerprint density at radius 2 is 2.00 bits per heavy atom. The van der Waals surface area contributed by atoms with E-state index in [0.29, 0.717) is 23.1 Å². The molecule has 6 heteroatoms. The standard InChI is InChI=1S/C16H19ClN4O/c1-2-3-4-8-18-15(22)12-10-19-16(20-11-12)21-14-7-5-6-13(17)9-14/h5-7,9-11H,2-4,8H2,1H3,(H,18,22)(H,19,20,21). The zero-order chi connectivity index (χ0) is 15.8. The van der Waals surface area contributed by atoms with E-state index in [9.17, 15) is 4.79 Å². The summed E-state index contributed by atoms with van der Waals surface area (Å²) in [4.78, 5) is 20.2. The lowest BCUT2D eigenvalue weighted by molar-refractivity contribution is 0.0952. The van der Waals surface area contributed by atoms with Gasteiger partial charge in [-0.05, 0) is 24.6 Å². The summed E-state index contributed by atoms with van der Waals surface area (Å²) in [5, 5.41) is 6.52. The summed E-state index contributed by atoms with van der Waals surface area (Å²) < 4.78 is 0. The predicted molar refractivity (Wildman–Crippen MR) is 88.6 cm³/mol. The van der Waals surface area contributed by atoms with Crippen molar-refractivity contribution in [3.63, 3.8) is 0 Å². The summed E-state index contributed by atoms with van der Waals surface area (Å²) in [7, 11) is 0. The van der Waals surface area contributed by atoms with Crippen LogP contribution in [0.15, 0.2) is 36.7 Å². The van der Waals surface area contributed by atoms with Gasteiger partial charge in [-0.25, -0.2) is 9.97 Å². The Labute approximate surface area is 135 Å². The fourth-order valence-electron chi connectivity index (χ4n) is 1.88. The maximum absolute atomic E-state index is 11.9. The van der Waals surface area contributed by atoms with Crippen molar-refractivity contribution in [1.29, 1.82) is 0 Å². The Morgan fingerprint density at radius 3 is 2.68 bits per heavy atom. The fraction of sp³-hybridized carbons (Fsp3) is 0.312. The molecule has 0 aliphatic carbocycles. The molecule has 2 N–H and O–H groups in total. The number of hydrogen-bond donors (Lipinski definition) is 2. The van der Waals surface area contributed by atoms with Crippen LogP contribution in [0.2, 0.25) is 5.02 Å². The predicted octanol–water partition coefficient (Wildman–Crippen LogP) is 3.79. The Balaban J connectivity index is 1.91. The minimum atomic E-state index is -0.148. The summed E-state index contributed by atoms with van der Waals surface area (Å²) in [6.45, 7) is 2.80. The zero-order valence-electron chi connectivity index (χ0n) is 12.5. The highest BCUT2D eigenvalue weighted by Gasteiger charge is 2.06. The topological polar surface area (TPSA) is 66.9 Å². The molecule has 0 unspecified atom stereocenters. The second kappa shape index (κ2) is 8.34. The van der Waals surface area contributed by atoms with Crippen LogP contribution in [-0.4, -0.2) is 22.4 Å². The average Bonchev–Trinajstić information content (AvgIpc) is 2.52. The number of aromatic nitrogens is 2. The van der Waals surface area contributed by atoms with Gasteiger partial charge in [0, 0.05) is 29.6 Å². The van der Waals surface area contributed by atoms with Crippen molar-refractivity contribution in [2.75, 3.05) is 11.9 Å². The van der Waals surface area contributed by atoms with Crippen LogP contribution in [0.5, 0.6) is 0 Å². The summed E-state index contributed by atoms with van der Waals surface area (Å²) in [5.41, 5.74) is 1.25. The van der Waals surface area contributed by atoms with Gasteiger partial charge in [0.1, 0.15) is 0 Å². The molecule has 0 spiro atoms. The molecule has 2 rings (SSSR count). The Kier molecular flexibility index (Phi) is 6.15. The van der Waals surface area contributed by atoms with Crippen LogP contribution in [-0.2, 0) is 0 Å². The first-order valence-corrected chi connectivity index (χ1v) is 7.69. The second-order valence-electron chi connectivity index (χ2n) is 4.89. The van der Waals surface area contributed by atoms with E-state index in [0.717, 1.165) is 24.9 Å². The maximum Gasteiger partial charge on any atom is 0.254 e. The molecule has 0 radical (unpaired) electrons. The summed E-state index contributed by atoms with van der Waals surface area (Å²) in [6, 6.07) is 7.27. The van der Waals surface area contributed by atoms with E-state index < -0.39 is 0 Å². The molecule has 0 saturated carbocycles. The lowest BCUT2D eigenvalue weighted by atomic mass is 10.2. The van der Waals surface area contributed by atoms with E-state index >= 15 is 0 Å². The number of carbonyl (C=O) groups excluding carboxylic acids is 1. The van der Waals surface area contributed by atoms with Crippen LogP contribution >= 0.6 is 11.6 Å². The zero-order valence-corrected chi connectivity index (χ0v) is 13.2. The fourth-order valence-corrected chi connectivity index (χ4v) is 2.07. The van der Waals surface area contributed by atoms with E-state index in [-0.39, 0.29) is 5.91 Å². The first kappa shape index (κ1) is 16.2. The Bertz CT molecular complexity index is 616. The molecule has 1 heterocycles. The normalized spacial score (nSPS) is 10.3. The van der Waals surface area contributed by atoms with Gasteiger partial charge in [-0.3, -0.25) is 4.79 Å². The van der Waals surface area contributed by atoms with Crippen molar-refractivity contribution in [1.82, 2.24) is 15.3 Å². The van der Waals surface area contributed by atoms with Gasteiger partial charge < -0.3 is 10.6 Å². The molecule has 22 heavy (non-hydrogen) atoms. The SMILES string of the molecule is CCCCCNC(=O)c1cnc(Nc2cccc(Cl)c2)nc1. The van der Waals surface area contributed by atoms with Crippen molar-refractivity contribution in [3.8, 4) is 0 Å². The maximum atomic E-state index is 11.9. The van der Waals surface area contributed by atoms with E-state index in [4.69, 9.17) is 11.6 Å². The van der Waals surface area contributed by atoms with E-state index in [1.54, 1.807) is 12.1 Å². The molecule has 2 aromatic rings. The van der Waals surface area contributed by atoms with E-state index in [2.05, 4.69) is 27.5 Å². The van der Waals surface area contributed by atoms with Gasteiger partial charge in [-0.15, -0.1) is 0 Å². The van der Waals surface area contributed by atoms with Gasteiger partial charge in [0.2, 0.25) is 5.95 Å². The monoisotopic (exact) mass is 318 g/mol. The largest absolute Gasteiger partial charge is 0.352 e. The third-order valence-corrected chi connectivity index (χ3v) is 3.30. The molecular formula is C16H19ClN4O. The van der Waals surface area contributed by atoms with Crippen LogP contribution in [0.3, 0.4) is 0 Å². The van der Waals surface area contributed by atoms with Crippen molar-refractivity contribution < 1.29 is 4.79 Å². The third-order valence-electron chi connectivity index (χ3n) is 3.06. The molecule has 0 saturated heterocycles. The number of benzene rings is 1. The number of carbonyl (C=O) groups is 1. The number of hydrogen-bond acceptors (Lipinski definition) is 4. The molecule has 1 aromatic carbocycles. The highest BCUT2D eigenvalue weighted by Crippen LogP contribution is 2.17. The number of anilines is 2. The van der Waals surface area contributed by atoms with Gasteiger partial charge in [-0.1, -0.05) is 37.4 Å². The van der Waals surface area contributed by atoms with Gasteiger partial charge in [0.25, 0.3) is 5.91 Å². The van der Waals surface area contributed by atoms with Gasteiger partial charge in [0.05, 0.1) is 5.56 Å². The number of amides is 1. The molecular weight excluding hydrogens is 300 g/mol. The molecule has 5 nitrogen and oxygen atoms in total. The highest BCUT2D eigenvalue weighted by molar-refractivity contribution is 6.30. The van der Waals surface area contributed by atoms with Gasteiger partial charge in [-0.2, -0.15) is 0 Å². The van der Waals surface area contributed by atoms with Crippen LogP contribution in [0.25, 0.3) is 0 Å². The number of rotatable bonds is 7. The van der Waals surface area contributed by atoms with Gasteiger partial charge in [0.15, 0.2) is 0 Å². The third kappa shape index (κ3) is 5.00. The summed E-state index contributed by atoms with van der Waals surface area (Å²) >= 11 is 5.92. The summed E-state index contributed by atoms with van der Waals surface area (Å²) in [5.74, 6) is 0.273. The van der Waals surface area contributed by atoms with Crippen molar-refractivity contribution in [3.05, 3.63) is 47.2 Å². The molecule has 0 aliphatic rings. The molecule has 0 fully saturated rings. The van der Waals surface area contributed by atoms with Crippen LogP contribution in [0, 0.1) is 0 Å². The van der Waals surface area contributed by atoms with Crippen LogP contribution < -0.4 is 10.6 Å². The number of nitrogens with zero attached hydrogens (tertiary/aromatic N) is 2. The quantitative estimate of drug-likeness (QED) is 0.762. The van der Waals surface area contributed by atoms with Crippen molar-refractivity contribution >= 4 is 29.1 Å². The van der Waals surface area contributed by atoms with E-state index in [1.807, 2.05) is 12.1 Å². The lowest BCUT2D eigenvalue weighted by Gasteiger charge is -2.06. The molecule has 116 valence electrons. The first-order chi connectivity index (χ1) is 10.7. The van der Waals surface area contributed by atoms with E-state index in [1.165, 1.54) is 12.4 Å². The number of nitrogens with one attached hydrogen (secondary N) is 2. The first-order valence-electron chi connectivity index (χ1n) is 7.32. The average molecular weight is 319 g/mol. The van der Waals surface area contributed by atoms with Crippen molar-refractivity contribution in [2.45, 2.75) is 26.2 Å². The number of halogens is 1. The highest BCUT2D eigenvalue weighted by atomic mass is 35.5. The minimum Gasteiger partial charge on any atom is -0.352 e. The Hall–Kier alpha value is -2.14. The second-order valence-corrected chi connectivity index (χ2v) is 5.33. The smallest absolute Gasteiger partial charge is 0.254 e.